The Morgan fingerprint density at radius 1 is 0.921 bits per heavy atom. The monoisotopic (exact) mass is 551 g/mol. The number of aryl methyl sites for hydroxylation is 2. The number of nitrogens with zero attached hydrogens (tertiary/aromatic N) is 3. The van der Waals surface area contributed by atoms with E-state index in [9.17, 15) is 10.1 Å². The van der Waals surface area contributed by atoms with Crippen LogP contribution in [-0.4, -0.2) is 57.1 Å². The summed E-state index contributed by atoms with van der Waals surface area (Å²) in [4.78, 5) is 25.9. The lowest BCUT2D eigenvalue weighted by Gasteiger charge is -2.27. The van der Waals surface area contributed by atoms with Crippen molar-refractivity contribution in [3.8, 4) is 23.0 Å². The average molecular weight is 553 g/mol. The quantitative estimate of drug-likeness (QED) is 0.246. The van der Waals surface area contributed by atoms with Crippen LogP contribution in [-0.2, 0) is 6.42 Å². The Morgan fingerprint density at radius 2 is 1.58 bits per heavy atom. The van der Waals surface area contributed by atoms with Crippen LogP contribution >= 0.6 is 24.8 Å². The maximum absolute atomic E-state index is 13.4. The molecule has 5 aromatic rings. The number of piperazine rings is 1. The van der Waals surface area contributed by atoms with E-state index in [0.717, 1.165) is 90.0 Å². The van der Waals surface area contributed by atoms with E-state index < -0.39 is 0 Å². The molecule has 198 valence electrons. The molecule has 2 aromatic carbocycles. The number of nitrogens with one attached hydrogen (secondary N) is 4. The second kappa shape index (κ2) is 11.5. The van der Waals surface area contributed by atoms with Crippen LogP contribution in [0.3, 0.4) is 0 Å². The van der Waals surface area contributed by atoms with Crippen molar-refractivity contribution in [3.63, 3.8) is 0 Å². The highest BCUT2D eigenvalue weighted by Crippen LogP contribution is 2.35. The lowest BCUT2D eigenvalue weighted by atomic mass is 10.0. The summed E-state index contributed by atoms with van der Waals surface area (Å²) in [6, 6.07) is 18.3. The largest absolute Gasteiger partial charge is 0.358 e. The topological polar surface area (TPSA) is 108 Å². The van der Waals surface area contributed by atoms with Crippen LogP contribution in [0.25, 0.3) is 38.8 Å². The van der Waals surface area contributed by atoms with Gasteiger partial charge in [0.15, 0.2) is 5.69 Å². The first-order valence-corrected chi connectivity index (χ1v) is 12.5. The Bertz CT molecular complexity index is 1660. The van der Waals surface area contributed by atoms with Gasteiger partial charge < -0.3 is 25.2 Å². The summed E-state index contributed by atoms with van der Waals surface area (Å²) in [5.74, 6) is 0. The molecule has 1 aliphatic heterocycles. The van der Waals surface area contributed by atoms with E-state index in [1.807, 2.05) is 49.4 Å². The van der Waals surface area contributed by atoms with Gasteiger partial charge in [-0.1, -0.05) is 36.4 Å². The third-order valence-electron chi connectivity index (χ3n) is 7.23. The van der Waals surface area contributed by atoms with E-state index in [4.69, 9.17) is 0 Å². The normalized spacial score (nSPS) is 13.8. The molecule has 0 spiro atoms. The van der Waals surface area contributed by atoms with Crippen molar-refractivity contribution in [2.75, 3.05) is 32.7 Å². The second-order valence-corrected chi connectivity index (χ2v) is 9.46. The number of imidazole rings is 1. The molecule has 3 aromatic heterocycles. The number of aromatic amines is 3. The maximum Gasteiger partial charge on any atom is 0.331 e. The molecule has 6 rings (SSSR count). The van der Waals surface area contributed by atoms with Gasteiger partial charge in [0.25, 0.3) is 0 Å². The first-order valence-electron chi connectivity index (χ1n) is 12.5. The third kappa shape index (κ3) is 4.74. The maximum atomic E-state index is 13.4. The number of fused-ring (bicyclic) bond motifs is 2. The van der Waals surface area contributed by atoms with Crippen molar-refractivity contribution in [1.82, 2.24) is 29.7 Å². The summed E-state index contributed by atoms with van der Waals surface area (Å²) < 4.78 is 1.52. The van der Waals surface area contributed by atoms with Gasteiger partial charge in [0.05, 0.1) is 11.4 Å². The summed E-state index contributed by atoms with van der Waals surface area (Å²) >= 11 is 0. The number of H-pyrrole nitrogens is 3. The van der Waals surface area contributed by atoms with Gasteiger partial charge in [0.2, 0.25) is 0 Å². The molecular formula is C28H31Cl2N7O. The minimum absolute atomic E-state index is 0. The molecule has 0 saturated carbocycles. The first kappa shape index (κ1) is 27.6. The number of rotatable bonds is 6. The molecule has 4 heterocycles. The molecule has 8 nitrogen and oxygen atoms in total. The van der Waals surface area contributed by atoms with Crippen molar-refractivity contribution >= 4 is 46.6 Å². The van der Waals surface area contributed by atoms with Crippen LogP contribution in [0.1, 0.15) is 23.5 Å². The molecule has 1 saturated heterocycles. The number of hydrogen-bond acceptors (Lipinski definition) is 4. The summed E-state index contributed by atoms with van der Waals surface area (Å²) in [6.07, 6.45) is 1.83. The van der Waals surface area contributed by atoms with Gasteiger partial charge in [0.1, 0.15) is 6.07 Å². The van der Waals surface area contributed by atoms with Crippen LogP contribution < -0.4 is 11.0 Å². The highest BCUT2D eigenvalue weighted by Gasteiger charge is 2.25. The summed E-state index contributed by atoms with van der Waals surface area (Å²) in [7, 11) is 0. The Kier molecular flexibility index (Phi) is 8.34. The van der Waals surface area contributed by atoms with Crippen LogP contribution in [0.5, 0.6) is 0 Å². The Hall–Kier alpha value is -3.48. The molecule has 0 radical (unpaired) electrons. The van der Waals surface area contributed by atoms with E-state index in [1.54, 1.807) is 0 Å². The van der Waals surface area contributed by atoms with Gasteiger partial charge in [0, 0.05) is 64.9 Å². The number of para-hydroxylation sites is 2. The molecule has 0 amide bonds. The van der Waals surface area contributed by atoms with Crippen LogP contribution in [0.4, 0.5) is 0 Å². The minimum Gasteiger partial charge on any atom is -0.358 e. The standard InChI is InChI=1S/C28H29N7O.2ClH/c1-18-27(20-8-3-5-10-22(20)31-18)35-24(17-29)26(33-28(35)36)25-19-7-2-4-9-21(19)32-23(25)11-6-14-34-15-12-30-13-16-34;;/h2-5,7-10,30-32H,6,11-16H2,1H3,(H,33,36);2*1H. The number of hydrogen-bond donors (Lipinski definition) is 4. The molecule has 0 atom stereocenters. The Morgan fingerprint density at radius 3 is 2.29 bits per heavy atom. The second-order valence-electron chi connectivity index (χ2n) is 9.46. The number of halogens is 2. The molecule has 10 heteroatoms. The summed E-state index contributed by atoms with van der Waals surface area (Å²) in [5.41, 5.74) is 6.04. The van der Waals surface area contributed by atoms with E-state index in [1.165, 1.54) is 4.57 Å². The van der Waals surface area contributed by atoms with Gasteiger partial charge in [-0.05, 0) is 38.4 Å². The summed E-state index contributed by atoms with van der Waals surface area (Å²) in [6.45, 7) is 7.16. The highest BCUT2D eigenvalue weighted by molar-refractivity contribution is 5.98. The van der Waals surface area contributed by atoms with Crippen molar-refractivity contribution in [1.29, 1.82) is 5.26 Å². The summed E-state index contributed by atoms with van der Waals surface area (Å²) in [5, 5.41) is 15.6. The highest BCUT2D eigenvalue weighted by atomic mass is 35.5. The zero-order valence-corrected chi connectivity index (χ0v) is 22.8. The fourth-order valence-electron chi connectivity index (χ4n) is 5.57. The molecular weight excluding hydrogens is 521 g/mol. The van der Waals surface area contributed by atoms with Crippen molar-refractivity contribution in [2.45, 2.75) is 19.8 Å². The van der Waals surface area contributed by atoms with Crippen LogP contribution in [0, 0.1) is 18.3 Å². The number of aromatic nitrogens is 4. The minimum atomic E-state index is -0.313. The SMILES string of the molecule is Cc1[nH]c2ccccc2c1-n1c(C#N)c(-c2c(CCCN3CCNCC3)[nH]c3ccccc23)[nH]c1=O.Cl.Cl. The Balaban J connectivity index is 0.00000168. The van der Waals surface area contributed by atoms with Crippen LogP contribution in [0.15, 0.2) is 53.3 Å². The Labute approximate surface area is 232 Å². The molecule has 4 N–H and O–H groups in total. The molecule has 1 fully saturated rings. The molecule has 0 unspecified atom stereocenters. The average Bonchev–Trinajstić information content (AvgIpc) is 3.53. The predicted octanol–water partition coefficient (Wildman–Crippen LogP) is 4.66. The lowest BCUT2D eigenvalue weighted by molar-refractivity contribution is 0.238. The van der Waals surface area contributed by atoms with Gasteiger partial charge in [-0.3, -0.25) is 0 Å². The van der Waals surface area contributed by atoms with Gasteiger partial charge in [-0.25, -0.2) is 9.36 Å². The van der Waals surface area contributed by atoms with Crippen molar-refractivity contribution < 1.29 is 0 Å². The zero-order valence-electron chi connectivity index (χ0n) is 21.1. The lowest BCUT2D eigenvalue weighted by Crippen LogP contribution is -2.43. The smallest absolute Gasteiger partial charge is 0.331 e. The van der Waals surface area contributed by atoms with Crippen molar-refractivity contribution in [2.24, 2.45) is 0 Å². The molecule has 1 aliphatic rings. The van der Waals surface area contributed by atoms with E-state index in [2.05, 4.69) is 37.3 Å². The van der Waals surface area contributed by atoms with E-state index in [-0.39, 0.29) is 30.5 Å². The fourth-order valence-corrected chi connectivity index (χ4v) is 5.57. The third-order valence-corrected chi connectivity index (χ3v) is 7.23. The van der Waals surface area contributed by atoms with Crippen LogP contribution in [0.2, 0.25) is 0 Å². The number of nitriles is 1. The first-order chi connectivity index (χ1) is 17.7. The van der Waals surface area contributed by atoms with Gasteiger partial charge in [-0.15, -0.1) is 24.8 Å². The van der Waals surface area contributed by atoms with E-state index >= 15 is 0 Å². The van der Waals surface area contributed by atoms with E-state index in [0.29, 0.717) is 11.4 Å². The molecule has 0 aliphatic carbocycles. The van der Waals surface area contributed by atoms with Gasteiger partial charge in [-0.2, -0.15) is 5.26 Å². The zero-order chi connectivity index (χ0) is 24.6. The molecule has 0 bridgehead atoms. The van der Waals surface area contributed by atoms with Gasteiger partial charge >= 0.3 is 5.69 Å². The predicted molar refractivity (Wildman–Crippen MR) is 157 cm³/mol. The molecule has 38 heavy (non-hydrogen) atoms. The van der Waals surface area contributed by atoms with Crippen molar-refractivity contribution in [3.05, 3.63) is 76.1 Å². The fraction of sp³-hybridized carbons (Fsp3) is 0.286. The number of benzene rings is 2.